The van der Waals surface area contributed by atoms with E-state index in [-0.39, 0.29) is 30.3 Å². The van der Waals surface area contributed by atoms with Crippen LogP contribution < -0.4 is 4.74 Å². The van der Waals surface area contributed by atoms with Crippen LogP contribution in [-0.4, -0.2) is 85.4 Å². The molecule has 2 fully saturated rings. The van der Waals surface area contributed by atoms with Gasteiger partial charge in [0.25, 0.3) is 5.91 Å². The van der Waals surface area contributed by atoms with Gasteiger partial charge in [0.1, 0.15) is 12.3 Å². The molecule has 0 aromatic heterocycles. The standard InChI is InChI=1S/C28H33ClN4O4/c1-36-24-10-6-20(7-11-24)25-18-26(21-4-8-23(29)9-5-21)33(30-25)27(34)19-32(28(35)22-2-3-22)13-12-31-14-16-37-17-15-31/h4-11,22,26H,2-3,12-19H2,1H3/t26-/m0/s1. The first-order valence-corrected chi connectivity index (χ1v) is 13.3. The van der Waals surface area contributed by atoms with Crippen LogP contribution in [-0.2, 0) is 14.3 Å². The molecule has 9 heteroatoms. The van der Waals surface area contributed by atoms with Gasteiger partial charge in [0.05, 0.1) is 32.1 Å². The Morgan fingerprint density at radius 1 is 1.08 bits per heavy atom. The van der Waals surface area contributed by atoms with Gasteiger partial charge >= 0.3 is 0 Å². The minimum atomic E-state index is -0.265. The molecule has 0 radical (unpaired) electrons. The highest BCUT2D eigenvalue weighted by atomic mass is 35.5. The van der Waals surface area contributed by atoms with Gasteiger partial charge < -0.3 is 14.4 Å². The van der Waals surface area contributed by atoms with Crippen LogP contribution in [0.3, 0.4) is 0 Å². The molecule has 2 aliphatic heterocycles. The number of carbonyl (C=O) groups is 2. The first-order valence-electron chi connectivity index (χ1n) is 12.9. The zero-order valence-electron chi connectivity index (χ0n) is 21.1. The van der Waals surface area contributed by atoms with E-state index in [0.29, 0.717) is 31.2 Å². The largest absolute Gasteiger partial charge is 0.497 e. The van der Waals surface area contributed by atoms with E-state index in [0.717, 1.165) is 55.1 Å². The van der Waals surface area contributed by atoms with E-state index in [1.807, 2.05) is 48.5 Å². The molecule has 1 saturated heterocycles. The lowest BCUT2D eigenvalue weighted by Crippen LogP contribution is -2.47. The van der Waals surface area contributed by atoms with Crippen LogP contribution in [0.5, 0.6) is 5.75 Å². The first-order chi connectivity index (χ1) is 18.0. The summed E-state index contributed by atoms with van der Waals surface area (Å²) in [5, 5.41) is 6.98. The molecular weight excluding hydrogens is 492 g/mol. The number of rotatable bonds is 9. The lowest BCUT2D eigenvalue weighted by atomic mass is 9.98. The molecule has 2 aromatic carbocycles. The van der Waals surface area contributed by atoms with Crippen molar-refractivity contribution in [1.29, 1.82) is 0 Å². The van der Waals surface area contributed by atoms with E-state index in [4.69, 9.17) is 26.2 Å². The molecule has 37 heavy (non-hydrogen) atoms. The summed E-state index contributed by atoms with van der Waals surface area (Å²) in [6.45, 7) is 4.37. The van der Waals surface area contributed by atoms with Gasteiger partial charge in [0, 0.05) is 43.5 Å². The number of amides is 2. The number of carbonyl (C=O) groups excluding carboxylic acids is 2. The maximum atomic E-state index is 13.7. The topological polar surface area (TPSA) is 74.7 Å². The zero-order valence-corrected chi connectivity index (χ0v) is 21.9. The minimum absolute atomic E-state index is 0.0170. The predicted molar refractivity (Wildman–Crippen MR) is 142 cm³/mol. The van der Waals surface area contributed by atoms with Crippen molar-refractivity contribution in [1.82, 2.24) is 14.8 Å². The molecule has 3 aliphatic rings. The highest BCUT2D eigenvalue weighted by molar-refractivity contribution is 6.30. The fourth-order valence-electron chi connectivity index (χ4n) is 4.82. The first kappa shape index (κ1) is 25.7. The van der Waals surface area contributed by atoms with Crippen molar-refractivity contribution in [3.8, 4) is 5.75 Å². The Kier molecular flexibility index (Phi) is 8.08. The number of nitrogens with zero attached hydrogens (tertiary/aromatic N) is 4. The molecule has 196 valence electrons. The van der Waals surface area contributed by atoms with Crippen molar-refractivity contribution >= 4 is 29.1 Å². The summed E-state index contributed by atoms with van der Waals surface area (Å²) in [5.74, 6) is 0.697. The monoisotopic (exact) mass is 524 g/mol. The minimum Gasteiger partial charge on any atom is -0.497 e. The molecule has 5 rings (SSSR count). The number of morpholine rings is 1. The lowest BCUT2D eigenvalue weighted by Gasteiger charge is -2.31. The van der Waals surface area contributed by atoms with Crippen LogP contribution in [0.2, 0.25) is 5.02 Å². The van der Waals surface area contributed by atoms with Gasteiger partial charge in [0.15, 0.2) is 0 Å². The Labute approximate surface area is 222 Å². The number of halogens is 1. The van der Waals surface area contributed by atoms with Gasteiger partial charge in [-0.05, 0) is 60.4 Å². The smallest absolute Gasteiger partial charge is 0.262 e. The molecular formula is C28H33ClN4O4. The highest BCUT2D eigenvalue weighted by Crippen LogP contribution is 2.35. The van der Waals surface area contributed by atoms with Crippen LogP contribution in [0.15, 0.2) is 53.6 Å². The van der Waals surface area contributed by atoms with Gasteiger partial charge in [-0.2, -0.15) is 5.10 Å². The fourth-order valence-corrected chi connectivity index (χ4v) is 4.95. The molecule has 0 spiro atoms. The Bertz CT molecular complexity index is 1130. The summed E-state index contributed by atoms with van der Waals surface area (Å²) in [5.41, 5.74) is 2.72. The molecule has 2 aromatic rings. The van der Waals surface area contributed by atoms with E-state index in [1.165, 1.54) is 0 Å². The summed E-state index contributed by atoms with van der Waals surface area (Å²) in [6, 6.07) is 15.0. The summed E-state index contributed by atoms with van der Waals surface area (Å²) in [6.07, 6.45) is 2.37. The average molecular weight is 525 g/mol. The molecule has 0 unspecified atom stereocenters. The maximum absolute atomic E-state index is 13.7. The van der Waals surface area contributed by atoms with Crippen molar-refractivity contribution < 1.29 is 19.1 Å². The van der Waals surface area contributed by atoms with Gasteiger partial charge in [-0.15, -0.1) is 0 Å². The molecule has 8 nitrogen and oxygen atoms in total. The number of ether oxygens (including phenoxy) is 2. The van der Waals surface area contributed by atoms with E-state index in [1.54, 1.807) is 17.0 Å². The third-order valence-electron chi connectivity index (χ3n) is 7.20. The molecule has 0 N–H and O–H groups in total. The quantitative estimate of drug-likeness (QED) is 0.501. The molecule has 1 aliphatic carbocycles. The van der Waals surface area contributed by atoms with Crippen molar-refractivity contribution in [2.75, 3.05) is 53.0 Å². The van der Waals surface area contributed by atoms with Crippen LogP contribution >= 0.6 is 11.6 Å². The second kappa shape index (κ2) is 11.6. The van der Waals surface area contributed by atoms with E-state index >= 15 is 0 Å². The van der Waals surface area contributed by atoms with Crippen LogP contribution in [0.4, 0.5) is 0 Å². The zero-order chi connectivity index (χ0) is 25.8. The molecule has 2 amide bonds. The Morgan fingerprint density at radius 2 is 1.78 bits per heavy atom. The lowest BCUT2D eigenvalue weighted by molar-refractivity contribution is -0.142. The maximum Gasteiger partial charge on any atom is 0.262 e. The summed E-state index contributed by atoms with van der Waals surface area (Å²) in [7, 11) is 1.63. The fraction of sp³-hybridized carbons (Fsp3) is 0.464. The van der Waals surface area contributed by atoms with Gasteiger partial charge in [-0.3, -0.25) is 14.5 Å². The van der Waals surface area contributed by atoms with E-state index in [2.05, 4.69) is 4.90 Å². The Morgan fingerprint density at radius 3 is 2.43 bits per heavy atom. The van der Waals surface area contributed by atoms with Gasteiger partial charge in [-0.25, -0.2) is 5.01 Å². The van der Waals surface area contributed by atoms with Crippen LogP contribution in [0.1, 0.15) is 36.4 Å². The number of hydrogen-bond acceptors (Lipinski definition) is 6. The third-order valence-corrected chi connectivity index (χ3v) is 7.45. The summed E-state index contributed by atoms with van der Waals surface area (Å²) >= 11 is 6.13. The summed E-state index contributed by atoms with van der Waals surface area (Å²) < 4.78 is 10.7. The Hall–Kier alpha value is -2.94. The molecule has 1 atom stereocenters. The van der Waals surface area contributed by atoms with Crippen LogP contribution in [0.25, 0.3) is 0 Å². The van der Waals surface area contributed by atoms with Crippen molar-refractivity contribution in [2.45, 2.75) is 25.3 Å². The SMILES string of the molecule is COc1ccc(C2=NN(C(=O)CN(CCN3CCOCC3)C(=O)C3CC3)[C@H](c3ccc(Cl)cc3)C2)cc1. The predicted octanol–water partition coefficient (Wildman–Crippen LogP) is 3.60. The summed E-state index contributed by atoms with van der Waals surface area (Å²) in [4.78, 5) is 30.9. The second-order valence-corrected chi connectivity index (χ2v) is 10.2. The number of hydrazone groups is 1. The average Bonchev–Trinajstić information content (AvgIpc) is 3.69. The normalized spacial score (nSPS) is 20.0. The third kappa shape index (κ3) is 6.32. The van der Waals surface area contributed by atoms with Crippen LogP contribution in [0, 0.1) is 5.92 Å². The highest BCUT2D eigenvalue weighted by Gasteiger charge is 2.38. The van der Waals surface area contributed by atoms with Crippen molar-refractivity contribution in [3.05, 3.63) is 64.7 Å². The van der Waals surface area contributed by atoms with Gasteiger partial charge in [0.2, 0.25) is 5.91 Å². The second-order valence-electron chi connectivity index (χ2n) is 9.77. The van der Waals surface area contributed by atoms with Gasteiger partial charge in [-0.1, -0.05) is 23.7 Å². The van der Waals surface area contributed by atoms with E-state index in [9.17, 15) is 9.59 Å². The molecule has 2 heterocycles. The van der Waals surface area contributed by atoms with Crippen molar-refractivity contribution in [3.63, 3.8) is 0 Å². The molecule has 0 bridgehead atoms. The van der Waals surface area contributed by atoms with Crippen molar-refractivity contribution in [2.24, 2.45) is 11.0 Å². The Balaban J connectivity index is 1.35. The number of hydrogen-bond donors (Lipinski definition) is 0. The number of benzene rings is 2. The van der Waals surface area contributed by atoms with E-state index < -0.39 is 0 Å². The number of methoxy groups -OCH3 is 1. The molecule has 1 saturated carbocycles.